The lowest BCUT2D eigenvalue weighted by molar-refractivity contribution is -0.115. The van der Waals surface area contributed by atoms with Gasteiger partial charge >= 0.3 is 0 Å². The molecule has 2 aromatic heterocycles. The first-order valence-corrected chi connectivity index (χ1v) is 10.8. The number of benzene rings is 2. The SMILES string of the molecule is CCn1c2ccccc2c2cc(NC(=O)[C@H](C)Sc3nnc(C4CC4)o3)ccc21. The molecular weight excluding hydrogens is 384 g/mol. The largest absolute Gasteiger partial charge is 0.416 e. The molecule has 1 atom stereocenters. The average Bonchev–Trinajstić information content (AvgIpc) is 3.40. The van der Waals surface area contributed by atoms with Crippen molar-refractivity contribution < 1.29 is 9.21 Å². The average molecular weight is 407 g/mol. The van der Waals surface area contributed by atoms with Gasteiger partial charge in [-0.25, -0.2) is 0 Å². The Morgan fingerprint density at radius 1 is 1.21 bits per heavy atom. The molecule has 2 aromatic carbocycles. The van der Waals surface area contributed by atoms with Crippen LogP contribution in [0.25, 0.3) is 21.8 Å². The second-order valence-corrected chi connectivity index (χ2v) is 8.72. The maximum Gasteiger partial charge on any atom is 0.277 e. The molecule has 1 aliphatic rings. The zero-order valence-corrected chi connectivity index (χ0v) is 17.2. The van der Waals surface area contributed by atoms with E-state index in [9.17, 15) is 4.79 Å². The van der Waals surface area contributed by atoms with Crippen LogP contribution in [0.5, 0.6) is 0 Å². The first kappa shape index (κ1) is 18.2. The van der Waals surface area contributed by atoms with Crippen LogP contribution in [0.2, 0.25) is 0 Å². The van der Waals surface area contributed by atoms with Crippen LogP contribution in [0.4, 0.5) is 5.69 Å². The number of hydrogen-bond acceptors (Lipinski definition) is 5. The van der Waals surface area contributed by atoms with E-state index in [1.54, 1.807) is 0 Å². The molecule has 2 heterocycles. The number of anilines is 1. The second-order valence-electron chi connectivity index (χ2n) is 7.42. The minimum absolute atomic E-state index is 0.0836. The van der Waals surface area contributed by atoms with Gasteiger partial charge in [-0.2, -0.15) is 0 Å². The van der Waals surface area contributed by atoms with Gasteiger partial charge in [-0.1, -0.05) is 30.0 Å². The van der Waals surface area contributed by atoms with Gasteiger partial charge in [0, 0.05) is 40.0 Å². The molecular formula is C22H22N4O2S. The highest BCUT2D eigenvalue weighted by Crippen LogP contribution is 2.40. The molecule has 6 nitrogen and oxygen atoms in total. The fourth-order valence-electron chi connectivity index (χ4n) is 3.68. The molecule has 0 aliphatic heterocycles. The maximum absolute atomic E-state index is 12.7. The van der Waals surface area contributed by atoms with Gasteiger partial charge in [-0.3, -0.25) is 4.79 Å². The Morgan fingerprint density at radius 2 is 2.00 bits per heavy atom. The first-order chi connectivity index (χ1) is 14.1. The Balaban J connectivity index is 1.36. The van der Waals surface area contributed by atoms with Crippen LogP contribution in [-0.2, 0) is 11.3 Å². The number of thioether (sulfide) groups is 1. The number of carbonyl (C=O) groups excluding carboxylic acids is 1. The van der Waals surface area contributed by atoms with Crippen molar-refractivity contribution in [3.8, 4) is 0 Å². The number of nitrogens with zero attached hydrogens (tertiary/aromatic N) is 3. The van der Waals surface area contributed by atoms with E-state index in [2.05, 4.69) is 57.3 Å². The van der Waals surface area contributed by atoms with Gasteiger partial charge in [0.15, 0.2) is 0 Å². The molecule has 0 spiro atoms. The highest BCUT2D eigenvalue weighted by molar-refractivity contribution is 8.00. The van der Waals surface area contributed by atoms with Gasteiger partial charge < -0.3 is 14.3 Å². The number of carbonyl (C=O) groups is 1. The standard InChI is InChI=1S/C22H22N4O2S/c1-3-26-18-7-5-4-6-16(18)17-12-15(10-11-19(17)26)23-20(27)13(2)29-22-25-24-21(28-22)14-8-9-14/h4-7,10-14H,3,8-9H2,1-2H3,(H,23,27)/t13-/m0/s1. The molecule has 1 fully saturated rings. The van der Waals surface area contributed by atoms with E-state index in [1.807, 2.05) is 19.1 Å². The second kappa shape index (κ2) is 7.22. The van der Waals surface area contributed by atoms with E-state index in [0.717, 1.165) is 30.5 Å². The number of amides is 1. The first-order valence-electron chi connectivity index (χ1n) is 9.96. The van der Waals surface area contributed by atoms with Crippen LogP contribution in [0.15, 0.2) is 52.1 Å². The van der Waals surface area contributed by atoms with Crippen molar-refractivity contribution >= 4 is 45.2 Å². The number of nitrogens with one attached hydrogen (secondary N) is 1. The van der Waals surface area contributed by atoms with Crippen molar-refractivity contribution in [1.29, 1.82) is 0 Å². The Bertz CT molecular complexity index is 1210. The predicted octanol–water partition coefficient (Wildman–Crippen LogP) is 5.19. The molecule has 1 aliphatic carbocycles. The molecule has 1 amide bonds. The predicted molar refractivity (Wildman–Crippen MR) is 115 cm³/mol. The van der Waals surface area contributed by atoms with Crippen LogP contribution in [0, 0.1) is 0 Å². The van der Waals surface area contributed by atoms with Gasteiger partial charge in [-0.15, -0.1) is 10.2 Å². The van der Waals surface area contributed by atoms with Crippen molar-refractivity contribution in [1.82, 2.24) is 14.8 Å². The summed E-state index contributed by atoms with van der Waals surface area (Å²) in [6, 6.07) is 14.5. The highest BCUT2D eigenvalue weighted by atomic mass is 32.2. The summed E-state index contributed by atoms with van der Waals surface area (Å²) < 4.78 is 7.95. The summed E-state index contributed by atoms with van der Waals surface area (Å²) in [6.07, 6.45) is 2.22. The highest BCUT2D eigenvalue weighted by Gasteiger charge is 2.30. The molecule has 148 valence electrons. The molecule has 7 heteroatoms. The van der Waals surface area contributed by atoms with Crippen molar-refractivity contribution in [2.75, 3.05) is 5.32 Å². The van der Waals surface area contributed by atoms with Crippen LogP contribution < -0.4 is 5.32 Å². The Kier molecular flexibility index (Phi) is 4.54. The minimum Gasteiger partial charge on any atom is -0.416 e. The van der Waals surface area contributed by atoms with E-state index in [1.165, 1.54) is 28.2 Å². The van der Waals surface area contributed by atoms with Crippen molar-refractivity contribution in [2.24, 2.45) is 0 Å². The number of para-hydroxylation sites is 1. The van der Waals surface area contributed by atoms with Gasteiger partial charge in [0.05, 0.1) is 5.25 Å². The van der Waals surface area contributed by atoms with Crippen molar-refractivity contribution in [3.05, 3.63) is 48.4 Å². The van der Waals surface area contributed by atoms with Gasteiger partial charge in [-0.05, 0) is 51.0 Å². The van der Waals surface area contributed by atoms with E-state index < -0.39 is 0 Å². The molecule has 0 bridgehead atoms. The van der Waals surface area contributed by atoms with Crippen molar-refractivity contribution in [3.63, 3.8) is 0 Å². The third-order valence-corrected chi connectivity index (χ3v) is 6.29. The molecule has 5 rings (SSSR count). The minimum atomic E-state index is -0.338. The van der Waals surface area contributed by atoms with Gasteiger partial charge in [0.2, 0.25) is 11.8 Å². The summed E-state index contributed by atoms with van der Waals surface area (Å²) in [5.74, 6) is 1.02. The summed E-state index contributed by atoms with van der Waals surface area (Å²) in [7, 11) is 0. The van der Waals surface area contributed by atoms with Crippen molar-refractivity contribution in [2.45, 2.75) is 49.6 Å². The lowest BCUT2D eigenvalue weighted by atomic mass is 10.1. The lowest BCUT2D eigenvalue weighted by Crippen LogP contribution is -2.22. The number of hydrogen-bond donors (Lipinski definition) is 1. The quantitative estimate of drug-likeness (QED) is 0.446. The van der Waals surface area contributed by atoms with Gasteiger partial charge in [0.25, 0.3) is 5.22 Å². The molecule has 4 aromatic rings. The fraction of sp³-hybridized carbons (Fsp3) is 0.318. The van der Waals surface area contributed by atoms with E-state index >= 15 is 0 Å². The summed E-state index contributed by atoms with van der Waals surface area (Å²) in [4.78, 5) is 12.7. The summed E-state index contributed by atoms with van der Waals surface area (Å²) >= 11 is 1.29. The smallest absolute Gasteiger partial charge is 0.277 e. The van der Waals surface area contributed by atoms with Crippen LogP contribution >= 0.6 is 11.8 Å². The normalized spacial score (nSPS) is 15.1. The molecule has 0 radical (unpaired) electrons. The number of rotatable bonds is 6. The van der Waals surface area contributed by atoms with E-state index in [-0.39, 0.29) is 11.2 Å². The third-order valence-electron chi connectivity index (χ3n) is 5.35. The van der Waals surface area contributed by atoms with E-state index in [4.69, 9.17) is 4.42 Å². The third kappa shape index (κ3) is 3.40. The zero-order chi connectivity index (χ0) is 20.0. The summed E-state index contributed by atoms with van der Waals surface area (Å²) in [5.41, 5.74) is 3.17. The van der Waals surface area contributed by atoms with E-state index in [0.29, 0.717) is 17.0 Å². The molecule has 1 N–H and O–H groups in total. The molecule has 0 saturated heterocycles. The monoisotopic (exact) mass is 406 g/mol. The summed E-state index contributed by atoms with van der Waals surface area (Å²) in [6.45, 7) is 4.89. The Morgan fingerprint density at radius 3 is 2.79 bits per heavy atom. The molecule has 0 unspecified atom stereocenters. The summed E-state index contributed by atoms with van der Waals surface area (Å²) in [5, 5.41) is 13.6. The zero-order valence-electron chi connectivity index (χ0n) is 16.4. The number of aryl methyl sites for hydroxylation is 1. The number of fused-ring (bicyclic) bond motifs is 3. The van der Waals surface area contributed by atoms with Crippen LogP contribution in [0.1, 0.15) is 38.5 Å². The Labute approximate surface area is 172 Å². The topological polar surface area (TPSA) is 73.0 Å². The maximum atomic E-state index is 12.7. The molecule has 29 heavy (non-hydrogen) atoms. The Hall–Kier alpha value is -2.80. The van der Waals surface area contributed by atoms with Crippen LogP contribution in [-0.4, -0.2) is 25.9 Å². The number of aromatic nitrogens is 3. The van der Waals surface area contributed by atoms with Gasteiger partial charge in [0.1, 0.15) is 0 Å². The molecule has 1 saturated carbocycles. The lowest BCUT2D eigenvalue weighted by Gasteiger charge is -2.10. The van der Waals surface area contributed by atoms with Crippen LogP contribution in [0.3, 0.4) is 0 Å². The fourth-order valence-corrected chi connectivity index (χ4v) is 4.37.